The van der Waals surface area contributed by atoms with Gasteiger partial charge in [0.25, 0.3) is 5.95 Å². The minimum absolute atomic E-state index is 0.145. The first kappa shape index (κ1) is 15.9. The van der Waals surface area contributed by atoms with Crippen molar-refractivity contribution in [2.75, 3.05) is 19.0 Å². The fourth-order valence-corrected chi connectivity index (χ4v) is 2.32. The smallest absolute Gasteiger partial charge is 0.413 e. The number of methoxy groups -OCH3 is 1. The molecular formula is C15H18N6O3. The minimum atomic E-state index is -0.631. The first-order valence-corrected chi connectivity index (χ1v) is 7.49. The summed E-state index contributed by atoms with van der Waals surface area (Å²) in [6.45, 7) is 4.44. The van der Waals surface area contributed by atoms with E-state index in [0.717, 1.165) is 11.1 Å². The standard InChI is InChI=1S/C15H18N6O3/c1-4-24-10(2)21-9-11(8-16-21)13-12-6-5-7-20(12)19-14(17-13)18-15(22)23-3/h5-10H,4H2,1-3H3,(H,18,19,22). The number of carbonyl (C=O) groups excluding carboxylic acids is 1. The third-order valence-corrected chi connectivity index (χ3v) is 3.45. The van der Waals surface area contributed by atoms with E-state index < -0.39 is 6.09 Å². The maximum absolute atomic E-state index is 11.4. The van der Waals surface area contributed by atoms with Crippen molar-refractivity contribution in [2.45, 2.75) is 20.1 Å². The second kappa shape index (κ2) is 6.67. The van der Waals surface area contributed by atoms with Gasteiger partial charge < -0.3 is 9.47 Å². The molecule has 0 radical (unpaired) electrons. The van der Waals surface area contributed by atoms with Gasteiger partial charge in [0.15, 0.2) is 0 Å². The van der Waals surface area contributed by atoms with E-state index in [1.165, 1.54) is 7.11 Å². The third kappa shape index (κ3) is 3.06. The van der Waals surface area contributed by atoms with Crippen LogP contribution in [0.2, 0.25) is 0 Å². The molecule has 0 saturated heterocycles. The van der Waals surface area contributed by atoms with Crippen LogP contribution in [0.1, 0.15) is 20.1 Å². The number of aromatic nitrogens is 5. The number of hydrogen-bond donors (Lipinski definition) is 1. The molecule has 3 aromatic rings. The Kier molecular flexibility index (Phi) is 4.43. The van der Waals surface area contributed by atoms with E-state index >= 15 is 0 Å². The molecule has 0 aromatic carbocycles. The Balaban J connectivity index is 2.01. The molecular weight excluding hydrogens is 312 g/mol. The molecule has 1 atom stereocenters. The molecule has 1 N–H and O–H groups in total. The quantitative estimate of drug-likeness (QED) is 0.771. The number of ether oxygens (including phenoxy) is 2. The molecule has 0 saturated carbocycles. The zero-order valence-corrected chi connectivity index (χ0v) is 13.6. The van der Waals surface area contributed by atoms with Gasteiger partial charge >= 0.3 is 6.09 Å². The molecule has 0 bridgehead atoms. The van der Waals surface area contributed by atoms with Gasteiger partial charge in [-0.2, -0.15) is 5.10 Å². The molecule has 3 heterocycles. The van der Waals surface area contributed by atoms with Gasteiger partial charge in [-0.15, -0.1) is 5.10 Å². The van der Waals surface area contributed by atoms with Crippen molar-refractivity contribution in [2.24, 2.45) is 0 Å². The van der Waals surface area contributed by atoms with E-state index in [1.54, 1.807) is 21.6 Å². The van der Waals surface area contributed by atoms with Crippen molar-refractivity contribution < 1.29 is 14.3 Å². The molecule has 9 nitrogen and oxygen atoms in total. The zero-order valence-electron chi connectivity index (χ0n) is 13.6. The zero-order chi connectivity index (χ0) is 17.1. The number of carbonyl (C=O) groups is 1. The molecule has 0 aliphatic heterocycles. The molecule has 0 aliphatic rings. The van der Waals surface area contributed by atoms with Crippen LogP contribution in [0.4, 0.5) is 10.7 Å². The van der Waals surface area contributed by atoms with Gasteiger partial charge in [0.2, 0.25) is 0 Å². The lowest BCUT2D eigenvalue weighted by molar-refractivity contribution is 0.0160. The molecule has 126 valence electrons. The number of rotatable bonds is 5. The van der Waals surface area contributed by atoms with E-state index in [1.807, 2.05) is 32.2 Å². The van der Waals surface area contributed by atoms with Crippen molar-refractivity contribution in [3.63, 3.8) is 0 Å². The highest BCUT2D eigenvalue weighted by molar-refractivity contribution is 5.83. The highest BCUT2D eigenvalue weighted by Crippen LogP contribution is 2.24. The SMILES string of the molecule is CCOC(C)n1cc(-c2nc(NC(=O)OC)nn3cccc23)cn1. The van der Waals surface area contributed by atoms with Gasteiger partial charge in [-0.05, 0) is 26.0 Å². The average Bonchev–Trinajstić information content (AvgIpc) is 3.23. The summed E-state index contributed by atoms with van der Waals surface area (Å²) >= 11 is 0. The van der Waals surface area contributed by atoms with Gasteiger partial charge in [0.05, 0.1) is 18.8 Å². The van der Waals surface area contributed by atoms with E-state index in [2.05, 4.69) is 25.2 Å². The average molecular weight is 330 g/mol. The number of hydrogen-bond acceptors (Lipinski definition) is 6. The van der Waals surface area contributed by atoms with Crippen LogP contribution in [-0.4, -0.2) is 44.2 Å². The van der Waals surface area contributed by atoms with Crippen molar-refractivity contribution in [1.82, 2.24) is 24.4 Å². The maximum atomic E-state index is 11.4. The van der Waals surface area contributed by atoms with Gasteiger partial charge in [-0.3, -0.25) is 5.32 Å². The van der Waals surface area contributed by atoms with E-state index in [-0.39, 0.29) is 12.2 Å². The molecule has 0 fully saturated rings. The van der Waals surface area contributed by atoms with Crippen molar-refractivity contribution in [3.8, 4) is 11.3 Å². The Morgan fingerprint density at radius 2 is 2.29 bits per heavy atom. The van der Waals surface area contributed by atoms with E-state index in [4.69, 9.17) is 4.74 Å². The van der Waals surface area contributed by atoms with Crippen LogP contribution in [0, 0.1) is 0 Å². The van der Waals surface area contributed by atoms with Crippen molar-refractivity contribution >= 4 is 17.6 Å². The molecule has 1 amide bonds. The molecule has 1 unspecified atom stereocenters. The summed E-state index contributed by atoms with van der Waals surface area (Å²) in [4.78, 5) is 15.8. The van der Waals surface area contributed by atoms with Gasteiger partial charge in [0.1, 0.15) is 11.9 Å². The number of amides is 1. The van der Waals surface area contributed by atoms with Crippen LogP contribution in [0.3, 0.4) is 0 Å². The Morgan fingerprint density at radius 3 is 3.04 bits per heavy atom. The third-order valence-electron chi connectivity index (χ3n) is 3.45. The van der Waals surface area contributed by atoms with Crippen LogP contribution in [0.5, 0.6) is 0 Å². The van der Waals surface area contributed by atoms with E-state index in [0.29, 0.717) is 12.3 Å². The fraction of sp³-hybridized carbons (Fsp3) is 0.333. The Morgan fingerprint density at radius 1 is 1.46 bits per heavy atom. The van der Waals surface area contributed by atoms with Crippen LogP contribution >= 0.6 is 0 Å². The highest BCUT2D eigenvalue weighted by Gasteiger charge is 2.15. The molecule has 3 aromatic heterocycles. The summed E-state index contributed by atoms with van der Waals surface area (Å²) in [7, 11) is 1.28. The summed E-state index contributed by atoms with van der Waals surface area (Å²) in [6.07, 6.45) is 4.51. The first-order valence-electron chi connectivity index (χ1n) is 7.49. The summed E-state index contributed by atoms with van der Waals surface area (Å²) in [5, 5.41) is 11.0. The lowest BCUT2D eigenvalue weighted by Gasteiger charge is -2.11. The van der Waals surface area contributed by atoms with Crippen LogP contribution < -0.4 is 5.32 Å². The second-order valence-electron chi connectivity index (χ2n) is 5.00. The summed E-state index contributed by atoms with van der Waals surface area (Å²) in [5.41, 5.74) is 2.24. The maximum Gasteiger partial charge on any atom is 0.413 e. The Hall–Kier alpha value is -2.94. The first-order chi connectivity index (χ1) is 11.6. The van der Waals surface area contributed by atoms with E-state index in [9.17, 15) is 4.79 Å². The van der Waals surface area contributed by atoms with Crippen LogP contribution in [0.15, 0.2) is 30.7 Å². The Labute approximate surface area is 138 Å². The molecule has 3 rings (SSSR count). The number of nitrogens with one attached hydrogen (secondary N) is 1. The topological polar surface area (TPSA) is 95.6 Å². The Bertz CT molecular complexity index is 856. The number of nitrogens with zero attached hydrogens (tertiary/aromatic N) is 5. The molecule has 0 aliphatic carbocycles. The molecule has 24 heavy (non-hydrogen) atoms. The second-order valence-corrected chi connectivity index (χ2v) is 5.00. The lowest BCUT2D eigenvalue weighted by atomic mass is 10.2. The van der Waals surface area contributed by atoms with Crippen molar-refractivity contribution in [1.29, 1.82) is 0 Å². The largest absolute Gasteiger partial charge is 0.453 e. The highest BCUT2D eigenvalue weighted by atomic mass is 16.5. The number of fused-ring (bicyclic) bond motifs is 1. The fourth-order valence-electron chi connectivity index (χ4n) is 2.32. The predicted molar refractivity (Wildman–Crippen MR) is 86.6 cm³/mol. The summed E-state index contributed by atoms with van der Waals surface area (Å²) in [5.74, 6) is 0.145. The predicted octanol–water partition coefficient (Wildman–Crippen LogP) is 2.33. The van der Waals surface area contributed by atoms with Gasteiger partial charge in [-0.1, -0.05) is 0 Å². The number of anilines is 1. The van der Waals surface area contributed by atoms with Gasteiger partial charge in [0, 0.05) is 24.6 Å². The normalized spacial score (nSPS) is 12.3. The van der Waals surface area contributed by atoms with Crippen molar-refractivity contribution in [3.05, 3.63) is 30.7 Å². The molecule has 0 spiro atoms. The molecule has 9 heteroatoms. The monoisotopic (exact) mass is 330 g/mol. The summed E-state index contributed by atoms with van der Waals surface area (Å²) < 4.78 is 13.5. The minimum Gasteiger partial charge on any atom is -0.453 e. The summed E-state index contributed by atoms with van der Waals surface area (Å²) in [6, 6.07) is 3.74. The van der Waals surface area contributed by atoms with Crippen LogP contribution in [0.25, 0.3) is 16.8 Å². The van der Waals surface area contributed by atoms with Gasteiger partial charge in [-0.25, -0.2) is 19.0 Å². The van der Waals surface area contributed by atoms with Crippen LogP contribution in [-0.2, 0) is 9.47 Å². The lowest BCUT2D eigenvalue weighted by Crippen LogP contribution is -2.15.